The largest absolute Gasteiger partial charge is 0.469 e. The third-order valence-electron chi connectivity index (χ3n) is 3.00. The normalized spacial score (nSPS) is 12.9. The monoisotopic (exact) mass is 263 g/mol. The molecule has 1 atom stereocenters. The molecule has 0 amide bonds. The minimum atomic E-state index is -0.207. The first-order chi connectivity index (χ1) is 8.52. The molecule has 0 aliphatic heterocycles. The van der Waals surface area contributed by atoms with Gasteiger partial charge in [0.15, 0.2) is 0 Å². The van der Waals surface area contributed by atoms with Crippen molar-refractivity contribution < 1.29 is 9.53 Å². The van der Waals surface area contributed by atoms with Crippen LogP contribution >= 0.6 is 11.3 Å². The van der Waals surface area contributed by atoms with Crippen LogP contribution in [0.15, 0.2) is 18.2 Å². The van der Waals surface area contributed by atoms with Gasteiger partial charge in [-0.3, -0.25) is 4.79 Å². The molecule has 1 unspecified atom stereocenters. The third-order valence-corrected chi connectivity index (χ3v) is 3.93. The number of carbonyl (C=O) groups excluding carboxylic acids is 1. The number of rotatable bonds is 3. The van der Waals surface area contributed by atoms with Crippen LogP contribution in [0.1, 0.15) is 30.3 Å². The number of thiazole rings is 1. The molecule has 18 heavy (non-hydrogen) atoms. The lowest BCUT2D eigenvalue weighted by Crippen LogP contribution is -2.19. The van der Waals surface area contributed by atoms with E-state index in [1.54, 1.807) is 11.3 Å². The van der Waals surface area contributed by atoms with E-state index in [1.807, 2.05) is 32.9 Å². The predicted molar refractivity (Wildman–Crippen MR) is 74.0 cm³/mol. The summed E-state index contributed by atoms with van der Waals surface area (Å²) in [5.41, 5.74) is 2.00. The molecule has 1 aromatic carbocycles. The van der Waals surface area contributed by atoms with E-state index >= 15 is 0 Å². The Morgan fingerprint density at radius 3 is 2.72 bits per heavy atom. The molecule has 2 aromatic rings. The number of esters is 1. The van der Waals surface area contributed by atoms with Crippen LogP contribution in [0.3, 0.4) is 0 Å². The average molecular weight is 263 g/mol. The van der Waals surface area contributed by atoms with Crippen molar-refractivity contribution >= 4 is 27.5 Å². The van der Waals surface area contributed by atoms with Gasteiger partial charge in [-0.15, -0.1) is 11.3 Å². The smallest absolute Gasteiger partial charge is 0.313 e. The summed E-state index contributed by atoms with van der Waals surface area (Å²) in [4.78, 5) is 16.3. The number of hydrogen-bond acceptors (Lipinski definition) is 4. The molecule has 0 saturated carbocycles. The maximum atomic E-state index is 11.9. The van der Waals surface area contributed by atoms with Crippen molar-refractivity contribution in [3.05, 3.63) is 28.8 Å². The Hall–Kier alpha value is -1.42. The van der Waals surface area contributed by atoms with Gasteiger partial charge in [0, 0.05) is 0 Å². The molecule has 0 aliphatic carbocycles. The summed E-state index contributed by atoms with van der Waals surface area (Å²) in [5, 5.41) is 1.04. The first-order valence-corrected chi connectivity index (χ1v) is 6.79. The van der Waals surface area contributed by atoms with E-state index in [0.717, 1.165) is 20.8 Å². The van der Waals surface area contributed by atoms with Gasteiger partial charge in [0.05, 0.1) is 28.3 Å². The summed E-state index contributed by atoms with van der Waals surface area (Å²) in [6, 6.07) is 6.01. The van der Waals surface area contributed by atoms with Crippen molar-refractivity contribution in [1.29, 1.82) is 0 Å². The average Bonchev–Trinajstić information content (AvgIpc) is 2.68. The van der Waals surface area contributed by atoms with Gasteiger partial charge in [0.1, 0.15) is 0 Å². The van der Waals surface area contributed by atoms with Crippen molar-refractivity contribution in [3.8, 4) is 0 Å². The highest BCUT2D eigenvalue weighted by Crippen LogP contribution is 2.30. The third kappa shape index (κ3) is 2.38. The molecule has 2 rings (SSSR count). The zero-order chi connectivity index (χ0) is 13.3. The van der Waals surface area contributed by atoms with E-state index in [1.165, 1.54) is 7.11 Å². The maximum Gasteiger partial charge on any atom is 0.313 e. The number of fused-ring (bicyclic) bond motifs is 1. The Bertz CT molecular complexity index is 574. The lowest BCUT2D eigenvalue weighted by Gasteiger charge is -2.18. The molecule has 96 valence electrons. The van der Waals surface area contributed by atoms with Gasteiger partial charge in [-0.2, -0.15) is 0 Å². The van der Waals surface area contributed by atoms with E-state index in [9.17, 15) is 4.79 Å². The fraction of sp³-hybridized carbons (Fsp3) is 0.429. The number of nitrogens with zero attached hydrogens (tertiary/aromatic N) is 1. The zero-order valence-electron chi connectivity index (χ0n) is 11.1. The molecule has 3 nitrogen and oxygen atoms in total. The van der Waals surface area contributed by atoms with Crippen molar-refractivity contribution in [3.63, 3.8) is 0 Å². The SMILES string of the molecule is COC(=O)C(c1ccc2nc(C)sc2c1)C(C)C. The number of ether oxygens (including phenoxy) is 1. The van der Waals surface area contributed by atoms with Crippen LogP contribution in [0.5, 0.6) is 0 Å². The topological polar surface area (TPSA) is 39.2 Å². The van der Waals surface area contributed by atoms with Crippen LogP contribution < -0.4 is 0 Å². The molecule has 1 aromatic heterocycles. The van der Waals surface area contributed by atoms with Gasteiger partial charge in [-0.1, -0.05) is 19.9 Å². The van der Waals surface area contributed by atoms with E-state index < -0.39 is 0 Å². The van der Waals surface area contributed by atoms with Gasteiger partial charge < -0.3 is 4.74 Å². The highest BCUT2D eigenvalue weighted by atomic mass is 32.1. The molecular formula is C14H17NO2S. The molecule has 0 bridgehead atoms. The lowest BCUT2D eigenvalue weighted by atomic mass is 9.88. The van der Waals surface area contributed by atoms with Crippen molar-refractivity contribution in [1.82, 2.24) is 4.98 Å². The molecule has 4 heteroatoms. The van der Waals surface area contributed by atoms with Gasteiger partial charge in [0.25, 0.3) is 0 Å². The highest BCUT2D eigenvalue weighted by molar-refractivity contribution is 7.18. The van der Waals surface area contributed by atoms with Crippen molar-refractivity contribution in [2.45, 2.75) is 26.7 Å². The molecule has 0 radical (unpaired) electrons. The summed E-state index contributed by atoms with van der Waals surface area (Å²) < 4.78 is 6.02. The minimum absolute atomic E-state index is 0.175. The Morgan fingerprint density at radius 1 is 1.39 bits per heavy atom. The van der Waals surface area contributed by atoms with E-state index in [2.05, 4.69) is 11.1 Å². The van der Waals surface area contributed by atoms with Gasteiger partial charge in [-0.05, 0) is 30.5 Å². The second-order valence-electron chi connectivity index (χ2n) is 4.70. The number of benzene rings is 1. The van der Waals surface area contributed by atoms with Crippen LogP contribution in [0, 0.1) is 12.8 Å². The van der Waals surface area contributed by atoms with Crippen molar-refractivity contribution in [2.75, 3.05) is 7.11 Å². The minimum Gasteiger partial charge on any atom is -0.469 e. The molecule has 0 fully saturated rings. The quantitative estimate of drug-likeness (QED) is 0.795. The molecule has 1 heterocycles. The predicted octanol–water partition coefficient (Wildman–Crippen LogP) is 3.52. The Labute approximate surface area is 111 Å². The number of hydrogen-bond donors (Lipinski definition) is 0. The first kappa shape index (κ1) is 13.0. The summed E-state index contributed by atoms with van der Waals surface area (Å²) in [5.74, 6) is -0.170. The Kier molecular flexibility index (Phi) is 3.66. The summed E-state index contributed by atoms with van der Waals surface area (Å²) in [6.07, 6.45) is 0. The van der Waals surface area contributed by atoms with Gasteiger partial charge in [-0.25, -0.2) is 4.98 Å². The van der Waals surface area contributed by atoms with Crippen LogP contribution in [-0.2, 0) is 9.53 Å². The van der Waals surface area contributed by atoms with E-state index in [4.69, 9.17) is 4.74 Å². The summed E-state index contributed by atoms with van der Waals surface area (Å²) >= 11 is 1.65. The number of aromatic nitrogens is 1. The standard InChI is InChI=1S/C14H17NO2S/c1-8(2)13(14(16)17-4)10-5-6-11-12(7-10)18-9(3)15-11/h5-8,13H,1-4H3. The van der Waals surface area contributed by atoms with Crippen LogP contribution in [0.4, 0.5) is 0 Å². The number of aryl methyl sites for hydroxylation is 1. The maximum absolute atomic E-state index is 11.9. The van der Waals surface area contributed by atoms with Crippen LogP contribution in [-0.4, -0.2) is 18.1 Å². The molecule has 0 aliphatic rings. The first-order valence-electron chi connectivity index (χ1n) is 5.98. The molecule has 0 saturated heterocycles. The zero-order valence-corrected chi connectivity index (χ0v) is 11.9. The molecule has 0 N–H and O–H groups in total. The van der Waals surface area contributed by atoms with Crippen molar-refractivity contribution in [2.24, 2.45) is 5.92 Å². The number of carbonyl (C=O) groups is 1. The lowest BCUT2D eigenvalue weighted by molar-refractivity contribution is -0.143. The van der Waals surface area contributed by atoms with Gasteiger partial charge >= 0.3 is 5.97 Å². The fourth-order valence-electron chi connectivity index (χ4n) is 2.17. The second kappa shape index (κ2) is 5.06. The summed E-state index contributed by atoms with van der Waals surface area (Å²) in [6.45, 7) is 6.05. The van der Waals surface area contributed by atoms with E-state index in [-0.39, 0.29) is 17.8 Å². The highest BCUT2D eigenvalue weighted by Gasteiger charge is 2.25. The number of methoxy groups -OCH3 is 1. The van der Waals surface area contributed by atoms with Gasteiger partial charge in [0.2, 0.25) is 0 Å². The molecular weight excluding hydrogens is 246 g/mol. The summed E-state index contributed by atoms with van der Waals surface area (Å²) in [7, 11) is 1.44. The Balaban J connectivity index is 2.47. The fourth-order valence-corrected chi connectivity index (χ4v) is 3.05. The van der Waals surface area contributed by atoms with E-state index in [0.29, 0.717) is 0 Å². The Morgan fingerprint density at radius 2 is 2.11 bits per heavy atom. The van der Waals surface area contributed by atoms with Crippen LogP contribution in [0.2, 0.25) is 0 Å². The van der Waals surface area contributed by atoms with Crippen LogP contribution in [0.25, 0.3) is 10.2 Å². The second-order valence-corrected chi connectivity index (χ2v) is 5.94. The molecule has 0 spiro atoms.